The SMILES string of the molecule is C[C@H](Oc1cccc(Cl)c1)C(=O)Nc1cc(N2CCN(C)CC2)ncn1. The molecule has 1 fully saturated rings. The van der Waals surface area contributed by atoms with Crippen LogP contribution < -0.4 is 15.0 Å². The van der Waals surface area contributed by atoms with Crippen LogP contribution in [0.2, 0.25) is 5.02 Å². The largest absolute Gasteiger partial charge is 0.481 e. The minimum atomic E-state index is -0.685. The number of benzene rings is 1. The van der Waals surface area contributed by atoms with Crippen LogP contribution in [0.15, 0.2) is 36.7 Å². The lowest BCUT2D eigenvalue weighted by atomic mass is 10.3. The number of piperazine rings is 1. The Hall–Kier alpha value is -2.38. The van der Waals surface area contributed by atoms with Crippen LogP contribution in [0, 0.1) is 0 Å². The van der Waals surface area contributed by atoms with Gasteiger partial charge in [-0.1, -0.05) is 17.7 Å². The molecule has 0 spiro atoms. The van der Waals surface area contributed by atoms with Gasteiger partial charge in [0.15, 0.2) is 6.10 Å². The third-order valence-electron chi connectivity index (χ3n) is 4.21. The van der Waals surface area contributed by atoms with Gasteiger partial charge < -0.3 is 19.9 Å². The topological polar surface area (TPSA) is 70.6 Å². The fourth-order valence-electron chi connectivity index (χ4n) is 2.65. The number of nitrogens with zero attached hydrogens (tertiary/aromatic N) is 4. The van der Waals surface area contributed by atoms with Gasteiger partial charge in [0, 0.05) is 37.3 Å². The first-order chi connectivity index (χ1) is 12.5. The van der Waals surface area contributed by atoms with E-state index in [1.807, 2.05) is 0 Å². The Balaban J connectivity index is 1.61. The number of nitrogens with one attached hydrogen (secondary N) is 1. The smallest absolute Gasteiger partial charge is 0.266 e. The molecule has 1 aliphatic rings. The molecule has 1 saturated heterocycles. The van der Waals surface area contributed by atoms with Gasteiger partial charge in [-0.3, -0.25) is 4.79 Å². The number of amides is 1. The van der Waals surface area contributed by atoms with Crippen molar-refractivity contribution in [3.05, 3.63) is 41.7 Å². The summed E-state index contributed by atoms with van der Waals surface area (Å²) >= 11 is 5.93. The number of hydrogen-bond acceptors (Lipinski definition) is 6. The second-order valence-electron chi connectivity index (χ2n) is 6.26. The maximum Gasteiger partial charge on any atom is 0.266 e. The van der Waals surface area contributed by atoms with E-state index in [4.69, 9.17) is 16.3 Å². The predicted octanol–water partition coefficient (Wildman–Crippen LogP) is 2.29. The van der Waals surface area contributed by atoms with Crippen molar-refractivity contribution in [2.24, 2.45) is 0 Å². The molecule has 1 amide bonds. The molecule has 0 aliphatic carbocycles. The van der Waals surface area contributed by atoms with Crippen LogP contribution in [0.5, 0.6) is 5.75 Å². The maximum atomic E-state index is 12.4. The highest BCUT2D eigenvalue weighted by Crippen LogP contribution is 2.19. The van der Waals surface area contributed by atoms with Crippen LogP contribution in [-0.4, -0.2) is 60.1 Å². The second-order valence-corrected chi connectivity index (χ2v) is 6.69. The molecule has 1 N–H and O–H groups in total. The first-order valence-corrected chi connectivity index (χ1v) is 8.87. The Morgan fingerprint density at radius 1 is 1.23 bits per heavy atom. The summed E-state index contributed by atoms with van der Waals surface area (Å²) in [5.74, 6) is 1.53. The normalized spacial score (nSPS) is 16.2. The van der Waals surface area contributed by atoms with Gasteiger partial charge in [-0.2, -0.15) is 0 Å². The Morgan fingerprint density at radius 3 is 2.73 bits per heavy atom. The average molecular weight is 376 g/mol. The number of anilines is 2. The minimum absolute atomic E-state index is 0.284. The molecule has 0 unspecified atom stereocenters. The molecule has 7 nitrogen and oxygen atoms in total. The second kappa shape index (κ2) is 8.33. The van der Waals surface area contributed by atoms with Crippen molar-refractivity contribution < 1.29 is 9.53 Å². The summed E-state index contributed by atoms with van der Waals surface area (Å²) in [7, 11) is 2.10. The Bertz CT molecular complexity index is 765. The molecule has 0 bridgehead atoms. The molecule has 1 aromatic carbocycles. The standard InChI is InChI=1S/C18H22ClN5O2/c1-13(26-15-5-3-4-14(19)10-15)18(25)22-16-11-17(21-12-20-16)24-8-6-23(2)7-9-24/h3-5,10-13H,6-9H2,1-2H3,(H,20,21,22,25)/t13-/m0/s1. The van der Waals surface area contributed by atoms with Gasteiger partial charge in [0.25, 0.3) is 5.91 Å². The summed E-state index contributed by atoms with van der Waals surface area (Å²) in [6.45, 7) is 5.44. The van der Waals surface area contributed by atoms with Crippen molar-refractivity contribution in [1.82, 2.24) is 14.9 Å². The number of aromatic nitrogens is 2. The Kier molecular flexibility index (Phi) is 5.90. The van der Waals surface area contributed by atoms with Crippen molar-refractivity contribution in [3.63, 3.8) is 0 Å². The number of halogens is 1. The zero-order chi connectivity index (χ0) is 18.5. The number of carbonyl (C=O) groups is 1. The number of likely N-dealkylation sites (N-methyl/N-ethyl adjacent to an activating group) is 1. The summed E-state index contributed by atoms with van der Waals surface area (Å²) in [6.07, 6.45) is 0.779. The van der Waals surface area contributed by atoms with E-state index in [-0.39, 0.29) is 5.91 Å². The van der Waals surface area contributed by atoms with Crippen LogP contribution in [-0.2, 0) is 4.79 Å². The van der Waals surface area contributed by atoms with E-state index >= 15 is 0 Å². The van der Waals surface area contributed by atoms with Gasteiger partial charge in [0.05, 0.1) is 0 Å². The van der Waals surface area contributed by atoms with Gasteiger partial charge in [-0.25, -0.2) is 9.97 Å². The highest BCUT2D eigenvalue weighted by molar-refractivity contribution is 6.30. The fraction of sp³-hybridized carbons (Fsp3) is 0.389. The van der Waals surface area contributed by atoms with E-state index in [0.29, 0.717) is 16.6 Å². The molecule has 0 saturated carbocycles. The van der Waals surface area contributed by atoms with Crippen molar-refractivity contribution in [3.8, 4) is 5.75 Å². The molecule has 26 heavy (non-hydrogen) atoms. The maximum absolute atomic E-state index is 12.4. The molecule has 1 atom stereocenters. The van der Waals surface area contributed by atoms with E-state index in [1.165, 1.54) is 6.33 Å². The molecule has 0 radical (unpaired) electrons. The summed E-state index contributed by atoms with van der Waals surface area (Å²) in [6, 6.07) is 8.73. The highest BCUT2D eigenvalue weighted by Gasteiger charge is 2.18. The molecule has 2 heterocycles. The Labute approximate surface area is 157 Å². The van der Waals surface area contributed by atoms with Crippen LogP contribution in [0.25, 0.3) is 0 Å². The first kappa shape index (κ1) is 18.4. The van der Waals surface area contributed by atoms with Gasteiger partial charge >= 0.3 is 0 Å². The molecule has 1 aromatic heterocycles. The summed E-state index contributed by atoms with van der Waals surface area (Å²) in [5, 5.41) is 3.34. The number of hydrogen-bond donors (Lipinski definition) is 1. The summed E-state index contributed by atoms with van der Waals surface area (Å²) < 4.78 is 5.63. The lowest BCUT2D eigenvalue weighted by Crippen LogP contribution is -2.44. The van der Waals surface area contributed by atoms with Crippen LogP contribution in [0.4, 0.5) is 11.6 Å². The van der Waals surface area contributed by atoms with Gasteiger partial charge in [-0.05, 0) is 32.2 Å². The highest BCUT2D eigenvalue weighted by atomic mass is 35.5. The number of ether oxygens (including phenoxy) is 1. The molecule has 1 aliphatic heterocycles. The molecule has 2 aromatic rings. The predicted molar refractivity (Wildman–Crippen MR) is 102 cm³/mol. The van der Waals surface area contributed by atoms with E-state index < -0.39 is 6.10 Å². The van der Waals surface area contributed by atoms with Crippen molar-refractivity contribution in [2.45, 2.75) is 13.0 Å². The van der Waals surface area contributed by atoms with Gasteiger partial charge in [0.1, 0.15) is 23.7 Å². The van der Waals surface area contributed by atoms with Crippen molar-refractivity contribution in [1.29, 1.82) is 0 Å². The van der Waals surface area contributed by atoms with E-state index in [9.17, 15) is 4.79 Å². The zero-order valence-corrected chi connectivity index (χ0v) is 15.6. The number of rotatable bonds is 5. The summed E-state index contributed by atoms with van der Waals surface area (Å²) in [4.78, 5) is 25.3. The van der Waals surface area contributed by atoms with Crippen molar-refractivity contribution in [2.75, 3.05) is 43.4 Å². The van der Waals surface area contributed by atoms with Crippen molar-refractivity contribution >= 4 is 29.1 Å². The fourth-order valence-corrected chi connectivity index (χ4v) is 2.83. The summed E-state index contributed by atoms with van der Waals surface area (Å²) in [5.41, 5.74) is 0. The molecule has 138 valence electrons. The van der Waals surface area contributed by atoms with E-state index in [0.717, 1.165) is 32.0 Å². The Morgan fingerprint density at radius 2 is 2.00 bits per heavy atom. The molecular formula is C18H22ClN5O2. The third kappa shape index (κ3) is 4.83. The minimum Gasteiger partial charge on any atom is -0.481 e. The van der Waals surface area contributed by atoms with Crippen LogP contribution in [0.1, 0.15) is 6.92 Å². The monoisotopic (exact) mass is 375 g/mol. The third-order valence-corrected chi connectivity index (χ3v) is 4.44. The quantitative estimate of drug-likeness (QED) is 0.864. The molecular weight excluding hydrogens is 354 g/mol. The molecule has 8 heteroatoms. The first-order valence-electron chi connectivity index (χ1n) is 8.50. The zero-order valence-electron chi connectivity index (χ0n) is 14.9. The average Bonchev–Trinajstić information content (AvgIpc) is 2.62. The van der Waals surface area contributed by atoms with E-state index in [1.54, 1.807) is 37.3 Å². The lowest BCUT2D eigenvalue weighted by molar-refractivity contribution is -0.122. The number of carbonyl (C=O) groups excluding carboxylic acids is 1. The van der Waals surface area contributed by atoms with Gasteiger partial charge in [0.2, 0.25) is 0 Å². The lowest BCUT2D eigenvalue weighted by Gasteiger charge is -2.33. The van der Waals surface area contributed by atoms with Crippen LogP contribution >= 0.6 is 11.6 Å². The molecule has 3 rings (SSSR count). The van der Waals surface area contributed by atoms with E-state index in [2.05, 4.69) is 32.1 Å². The van der Waals surface area contributed by atoms with Crippen LogP contribution in [0.3, 0.4) is 0 Å². The van der Waals surface area contributed by atoms with Gasteiger partial charge in [-0.15, -0.1) is 0 Å².